The van der Waals surface area contributed by atoms with Gasteiger partial charge in [-0.15, -0.1) is 0 Å². The van der Waals surface area contributed by atoms with Crippen LogP contribution in [0.3, 0.4) is 0 Å². The fourth-order valence-electron chi connectivity index (χ4n) is 3.63. The summed E-state index contributed by atoms with van der Waals surface area (Å²) < 4.78 is 27.8. The van der Waals surface area contributed by atoms with Gasteiger partial charge in [-0.1, -0.05) is 35.9 Å². The number of nitrogens with one attached hydrogen (secondary N) is 1. The average molecular weight is 469 g/mol. The smallest absolute Gasteiger partial charge is 0.159 e. The molecule has 33 heavy (non-hydrogen) atoms. The molecule has 4 aromatic rings. The first-order chi connectivity index (χ1) is 15.8. The number of alkyl halides is 1. The maximum absolute atomic E-state index is 14.4. The summed E-state index contributed by atoms with van der Waals surface area (Å²) in [4.78, 5) is 12.9. The van der Waals surface area contributed by atoms with Gasteiger partial charge < -0.3 is 10.4 Å². The third-order valence-corrected chi connectivity index (χ3v) is 5.64. The van der Waals surface area contributed by atoms with E-state index in [1.54, 1.807) is 44.4 Å². The maximum atomic E-state index is 14.4. The van der Waals surface area contributed by atoms with Crippen molar-refractivity contribution >= 4 is 28.2 Å². The molecule has 170 valence electrons. The summed E-state index contributed by atoms with van der Waals surface area (Å²) >= 11 is 6.48. The van der Waals surface area contributed by atoms with Crippen LogP contribution in [0.4, 0.5) is 14.5 Å². The Kier molecular flexibility index (Phi) is 6.54. The Labute approximate surface area is 195 Å². The molecule has 0 bridgehead atoms. The molecular weight excluding hydrogens is 446 g/mol. The van der Waals surface area contributed by atoms with Gasteiger partial charge in [0.15, 0.2) is 5.82 Å². The van der Waals surface area contributed by atoms with Crippen molar-refractivity contribution in [3.05, 3.63) is 83.3 Å². The van der Waals surface area contributed by atoms with Crippen LogP contribution in [-0.4, -0.2) is 26.7 Å². The zero-order valence-corrected chi connectivity index (χ0v) is 18.9. The lowest BCUT2D eigenvalue weighted by Gasteiger charge is -2.22. The number of aromatic nitrogens is 3. The highest BCUT2D eigenvalue weighted by Gasteiger charge is 2.20. The number of halogens is 3. The van der Waals surface area contributed by atoms with E-state index in [1.165, 1.54) is 12.3 Å². The minimum Gasteiger partial charge on any atom is -0.382 e. The second kappa shape index (κ2) is 9.37. The van der Waals surface area contributed by atoms with E-state index < -0.39 is 24.1 Å². The lowest BCUT2D eigenvalue weighted by molar-refractivity contribution is 0.0687. The molecule has 5 nitrogen and oxygen atoms in total. The topological polar surface area (TPSA) is 70.9 Å². The fourth-order valence-corrected chi connectivity index (χ4v) is 3.84. The standard InChI is InChI=1S/C25H23ClF2N4O/c1-25(2,33)24-30-12-16(13-31-24)15-7-8-21-18(11-15)23(19(26)14-29-21)32-22(9-10-27)17-5-3-4-6-20(17)28/h3-8,11-14,22,33H,9-10H2,1-2H3,(H,29,32)/t22-/m1/s1. The van der Waals surface area contributed by atoms with Crippen molar-refractivity contribution < 1.29 is 13.9 Å². The van der Waals surface area contributed by atoms with E-state index in [0.29, 0.717) is 33.0 Å². The van der Waals surface area contributed by atoms with Gasteiger partial charge in [0, 0.05) is 41.5 Å². The van der Waals surface area contributed by atoms with Gasteiger partial charge in [-0.2, -0.15) is 0 Å². The molecule has 0 aliphatic carbocycles. The molecule has 0 spiro atoms. The van der Waals surface area contributed by atoms with Crippen molar-refractivity contribution in [2.24, 2.45) is 0 Å². The van der Waals surface area contributed by atoms with Crippen LogP contribution in [0.15, 0.2) is 61.1 Å². The van der Waals surface area contributed by atoms with E-state index >= 15 is 0 Å². The van der Waals surface area contributed by atoms with Crippen LogP contribution in [0.25, 0.3) is 22.0 Å². The highest BCUT2D eigenvalue weighted by atomic mass is 35.5. The molecule has 0 aliphatic heterocycles. The molecule has 0 amide bonds. The van der Waals surface area contributed by atoms with E-state index in [-0.39, 0.29) is 6.42 Å². The molecule has 8 heteroatoms. The van der Waals surface area contributed by atoms with Crippen LogP contribution < -0.4 is 5.32 Å². The quantitative estimate of drug-likeness (QED) is 0.336. The SMILES string of the molecule is CC(C)(O)c1ncc(-c2ccc3ncc(Cl)c(N[C@H](CCF)c4ccccc4F)c3c2)cn1. The van der Waals surface area contributed by atoms with Gasteiger partial charge in [-0.3, -0.25) is 9.37 Å². The first-order valence-electron chi connectivity index (χ1n) is 10.5. The Balaban J connectivity index is 1.77. The molecule has 0 radical (unpaired) electrons. The summed E-state index contributed by atoms with van der Waals surface area (Å²) in [5.74, 6) is -0.0965. The molecule has 2 aromatic carbocycles. The maximum Gasteiger partial charge on any atom is 0.159 e. The Morgan fingerprint density at radius 3 is 2.42 bits per heavy atom. The van der Waals surface area contributed by atoms with Crippen molar-refractivity contribution in [1.82, 2.24) is 15.0 Å². The van der Waals surface area contributed by atoms with E-state index in [1.807, 2.05) is 18.2 Å². The molecule has 4 rings (SSSR count). The number of aliphatic hydroxyl groups is 1. The summed E-state index contributed by atoms with van der Waals surface area (Å²) in [6, 6.07) is 11.3. The third-order valence-electron chi connectivity index (χ3n) is 5.35. The van der Waals surface area contributed by atoms with Gasteiger partial charge in [-0.05, 0) is 37.6 Å². The van der Waals surface area contributed by atoms with Crippen molar-refractivity contribution in [1.29, 1.82) is 0 Å². The monoisotopic (exact) mass is 468 g/mol. The summed E-state index contributed by atoms with van der Waals surface area (Å²) in [5.41, 5.74) is 1.98. The number of rotatable bonds is 7. The van der Waals surface area contributed by atoms with Crippen LogP contribution in [0.5, 0.6) is 0 Å². The molecule has 2 N–H and O–H groups in total. The molecule has 2 aromatic heterocycles. The third kappa shape index (κ3) is 4.94. The number of anilines is 1. The van der Waals surface area contributed by atoms with Crippen LogP contribution >= 0.6 is 11.6 Å². The van der Waals surface area contributed by atoms with Crippen LogP contribution in [0.1, 0.15) is 37.7 Å². The highest BCUT2D eigenvalue weighted by molar-refractivity contribution is 6.34. The zero-order chi connectivity index (χ0) is 23.6. The van der Waals surface area contributed by atoms with E-state index in [2.05, 4.69) is 20.3 Å². The Morgan fingerprint density at radius 1 is 1.03 bits per heavy atom. The fraction of sp³-hybridized carbons (Fsp3) is 0.240. The highest BCUT2D eigenvalue weighted by Crippen LogP contribution is 2.36. The zero-order valence-electron chi connectivity index (χ0n) is 18.2. The molecule has 0 saturated carbocycles. The van der Waals surface area contributed by atoms with Crippen LogP contribution in [-0.2, 0) is 5.60 Å². The average Bonchev–Trinajstić information content (AvgIpc) is 2.80. The molecule has 0 fully saturated rings. The second-order valence-electron chi connectivity index (χ2n) is 8.26. The van der Waals surface area contributed by atoms with Crippen molar-refractivity contribution in [3.63, 3.8) is 0 Å². The first kappa shape index (κ1) is 23.0. The number of hydrogen-bond donors (Lipinski definition) is 2. The van der Waals surface area contributed by atoms with Crippen molar-refractivity contribution in [2.45, 2.75) is 31.9 Å². The predicted octanol–water partition coefficient (Wildman–Crippen LogP) is 6.22. The van der Waals surface area contributed by atoms with Gasteiger partial charge in [0.2, 0.25) is 0 Å². The van der Waals surface area contributed by atoms with Crippen LogP contribution in [0.2, 0.25) is 5.02 Å². The minimum absolute atomic E-state index is 0.0764. The Morgan fingerprint density at radius 2 is 1.76 bits per heavy atom. The number of nitrogens with zero attached hydrogens (tertiary/aromatic N) is 3. The Hall–Kier alpha value is -3.16. The largest absolute Gasteiger partial charge is 0.382 e. The number of pyridine rings is 1. The van der Waals surface area contributed by atoms with Gasteiger partial charge in [-0.25, -0.2) is 14.4 Å². The lowest BCUT2D eigenvalue weighted by atomic mass is 10.0. The lowest BCUT2D eigenvalue weighted by Crippen LogP contribution is -2.19. The van der Waals surface area contributed by atoms with Gasteiger partial charge in [0.05, 0.1) is 28.9 Å². The molecular formula is C25H23ClF2N4O. The van der Waals surface area contributed by atoms with E-state index in [9.17, 15) is 13.9 Å². The summed E-state index contributed by atoms with van der Waals surface area (Å²) in [5, 5.41) is 14.4. The van der Waals surface area contributed by atoms with E-state index in [0.717, 1.165) is 11.1 Å². The molecule has 2 heterocycles. The van der Waals surface area contributed by atoms with Crippen molar-refractivity contribution in [2.75, 3.05) is 12.0 Å². The number of hydrogen-bond acceptors (Lipinski definition) is 5. The summed E-state index contributed by atoms with van der Waals surface area (Å²) in [7, 11) is 0. The normalized spacial score (nSPS) is 12.7. The predicted molar refractivity (Wildman–Crippen MR) is 126 cm³/mol. The molecule has 0 aliphatic rings. The Bertz CT molecular complexity index is 1280. The first-order valence-corrected chi connectivity index (χ1v) is 10.9. The van der Waals surface area contributed by atoms with Crippen molar-refractivity contribution in [3.8, 4) is 11.1 Å². The van der Waals surface area contributed by atoms with Crippen LogP contribution in [0, 0.1) is 5.82 Å². The number of fused-ring (bicyclic) bond motifs is 1. The molecule has 0 unspecified atom stereocenters. The van der Waals surface area contributed by atoms with Gasteiger partial charge in [0.1, 0.15) is 11.4 Å². The van der Waals surface area contributed by atoms with Gasteiger partial charge in [0.25, 0.3) is 0 Å². The summed E-state index contributed by atoms with van der Waals surface area (Å²) in [6.07, 6.45) is 4.86. The summed E-state index contributed by atoms with van der Waals surface area (Å²) in [6.45, 7) is 2.61. The minimum atomic E-state index is -1.14. The molecule has 1 atom stereocenters. The number of benzene rings is 2. The van der Waals surface area contributed by atoms with Gasteiger partial charge >= 0.3 is 0 Å². The second-order valence-corrected chi connectivity index (χ2v) is 8.67. The van der Waals surface area contributed by atoms with E-state index in [4.69, 9.17) is 11.6 Å². The molecule has 0 saturated heterocycles.